The monoisotopic (exact) mass is 453 g/mol. The highest BCUT2D eigenvalue weighted by Crippen LogP contribution is 2.34. The van der Waals surface area contributed by atoms with E-state index in [1.54, 1.807) is 0 Å². The van der Waals surface area contributed by atoms with E-state index < -0.39 is 0 Å². The van der Waals surface area contributed by atoms with Crippen LogP contribution < -0.4 is 9.64 Å². The largest absolute Gasteiger partial charge is 0.492 e. The molecule has 1 saturated heterocycles. The van der Waals surface area contributed by atoms with Crippen molar-refractivity contribution >= 4 is 22.6 Å². The second kappa shape index (κ2) is 9.34. The minimum Gasteiger partial charge on any atom is -0.492 e. The second-order valence-corrected chi connectivity index (χ2v) is 9.13. The molecule has 174 valence electrons. The third-order valence-electron chi connectivity index (χ3n) is 6.89. The number of rotatable bonds is 7. The van der Waals surface area contributed by atoms with Crippen LogP contribution in [0.4, 0.5) is 5.69 Å². The van der Waals surface area contributed by atoms with Crippen molar-refractivity contribution in [2.45, 2.75) is 46.1 Å². The van der Waals surface area contributed by atoms with Crippen LogP contribution >= 0.6 is 0 Å². The Labute approximate surface area is 201 Å². The zero-order chi connectivity index (χ0) is 23.7. The molecule has 1 amide bonds. The van der Waals surface area contributed by atoms with Crippen LogP contribution in [0.2, 0.25) is 0 Å². The average molecular weight is 454 g/mol. The molecule has 0 radical (unpaired) electrons. The van der Waals surface area contributed by atoms with E-state index in [1.807, 2.05) is 41.3 Å². The summed E-state index contributed by atoms with van der Waals surface area (Å²) < 4.78 is 8.29. The van der Waals surface area contributed by atoms with Crippen LogP contribution in [0.3, 0.4) is 0 Å². The Morgan fingerprint density at radius 1 is 1.00 bits per heavy atom. The smallest absolute Gasteiger partial charge is 0.227 e. The van der Waals surface area contributed by atoms with E-state index in [1.165, 1.54) is 16.7 Å². The molecule has 1 aromatic heterocycles. The number of anilines is 1. The molecule has 0 saturated carbocycles. The summed E-state index contributed by atoms with van der Waals surface area (Å²) in [6.45, 7) is 8.20. The van der Waals surface area contributed by atoms with Crippen molar-refractivity contribution in [1.82, 2.24) is 9.55 Å². The van der Waals surface area contributed by atoms with Crippen LogP contribution in [0.25, 0.3) is 11.0 Å². The Balaban J connectivity index is 1.38. The standard InChI is InChI=1S/C29H31N3O2/c1-4-22-10-13-25(14-11-22)34-16-15-31-27-8-6-5-7-26(27)30-29(31)23-18-28(33)32(19-23)24-12-9-20(2)21(3)17-24/h5-14,17,23H,4,15-16,18-19H2,1-3H3. The first-order valence-electron chi connectivity index (χ1n) is 12.1. The van der Waals surface area contributed by atoms with E-state index in [2.05, 4.69) is 55.7 Å². The molecule has 0 aliphatic carbocycles. The maximum absolute atomic E-state index is 13.0. The minimum absolute atomic E-state index is 0.0466. The van der Waals surface area contributed by atoms with Gasteiger partial charge in [-0.2, -0.15) is 0 Å². The van der Waals surface area contributed by atoms with Gasteiger partial charge in [0.1, 0.15) is 18.2 Å². The van der Waals surface area contributed by atoms with Gasteiger partial charge >= 0.3 is 0 Å². The molecule has 3 aromatic carbocycles. The van der Waals surface area contributed by atoms with E-state index in [0.29, 0.717) is 26.1 Å². The lowest BCUT2D eigenvalue weighted by atomic mass is 10.1. The molecular weight excluding hydrogens is 422 g/mol. The molecule has 1 aliphatic rings. The summed E-state index contributed by atoms with van der Waals surface area (Å²) in [5, 5.41) is 0. The molecule has 1 aliphatic heterocycles. The molecule has 1 unspecified atom stereocenters. The maximum Gasteiger partial charge on any atom is 0.227 e. The van der Waals surface area contributed by atoms with Crippen molar-refractivity contribution in [3.05, 3.63) is 89.2 Å². The number of para-hydroxylation sites is 2. The molecular formula is C29H31N3O2. The number of benzene rings is 3. The van der Waals surface area contributed by atoms with Gasteiger partial charge in [0.05, 0.1) is 17.6 Å². The Kier molecular flexibility index (Phi) is 6.10. The number of aryl methyl sites for hydroxylation is 3. The summed E-state index contributed by atoms with van der Waals surface area (Å²) >= 11 is 0. The van der Waals surface area contributed by atoms with Crippen LogP contribution in [-0.4, -0.2) is 28.6 Å². The molecule has 1 atom stereocenters. The van der Waals surface area contributed by atoms with Gasteiger partial charge in [-0.25, -0.2) is 4.98 Å². The van der Waals surface area contributed by atoms with Crippen LogP contribution in [-0.2, 0) is 17.8 Å². The molecule has 2 heterocycles. The fraction of sp³-hybridized carbons (Fsp3) is 0.310. The molecule has 0 N–H and O–H groups in total. The van der Waals surface area contributed by atoms with Crippen LogP contribution in [0.15, 0.2) is 66.7 Å². The van der Waals surface area contributed by atoms with Crippen LogP contribution in [0, 0.1) is 13.8 Å². The lowest BCUT2D eigenvalue weighted by Gasteiger charge is -2.18. The SMILES string of the molecule is CCc1ccc(OCCn2c(C3CC(=O)N(c4ccc(C)c(C)c4)C3)nc3ccccc32)cc1. The molecule has 5 rings (SSSR count). The summed E-state index contributed by atoms with van der Waals surface area (Å²) in [4.78, 5) is 19.9. The molecule has 0 spiro atoms. The van der Waals surface area contributed by atoms with Gasteiger partial charge in [0, 0.05) is 24.6 Å². The number of fused-ring (bicyclic) bond motifs is 1. The Morgan fingerprint density at radius 2 is 1.79 bits per heavy atom. The summed E-state index contributed by atoms with van der Waals surface area (Å²) in [6.07, 6.45) is 1.49. The highest BCUT2D eigenvalue weighted by atomic mass is 16.5. The Bertz CT molecular complexity index is 1320. The van der Waals surface area contributed by atoms with E-state index >= 15 is 0 Å². The second-order valence-electron chi connectivity index (χ2n) is 9.13. The molecule has 0 bridgehead atoms. The van der Waals surface area contributed by atoms with Gasteiger partial charge in [0.15, 0.2) is 0 Å². The van der Waals surface area contributed by atoms with E-state index in [4.69, 9.17) is 9.72 Å². The highest BCUT2D eigenvalue weighted by molar-refractivity contribution is 5.96. The van der Waals surface area contributed by atoms with Crippen LogP contribution in [0.5, 0.6) is 5.75 Å². The Hall–Kier alpha value is -3.60. The van der Waals surface area contributed by atoms with Crippen molar-refractivity contribution in [3.63, 3.8) is 0 Å². The van der Waals surface area contributed by atoms with E-state index in [9.17, 15) is 4.79 Å². The molecule has 4 aromatic rings. The topological polar surface area (TPSA) is 47.4 Å². The van der Waals surface area contributed by atoms with Crippen LogP contribution in [0.1, 0.15) is 41.8 Å². The molecule has 34 heavy (non-hydrogen) atoms. The number of hydrogen-bond donors (Lipinski definition) is 0. The van der Waals surface area contributed by atoms with Crippen molar-refractivity contribution in [1.29, 1.82) is 0 Å². The quantitative estimate of drug-likeness (QED) is 0.354. The van der Waals surface area contributed by atoms with Gasteiger partial charge in [-0.1, -0.05) is 37.3 Å². The van der Waals surface area contributed by atoms with Crippen molar-refractivity contribution in [2.75, 3.05) is 18.1 Å². The number of carbonyl (C=O) groups excluding carboxylic acids is 1. The first-order valence-corrected chi connectivity index (χ1v) is 12.1. The van der Waals surface area contributed by atoms with Crippen molar-refractivity contribution in [2.24, 2.45) is 0 Å². The number of aromatic nitrogens is 2. The molecule has 5 nitrogen and oxygen atoms in total. The third kappa shape index (κ3) is 4.30. The lowest BCUT2D eigenvalue weighted by Crippen LogP contribution is -2.24. The van der Waals surface area contributed by atoms with Gasteiger partial charge in [-0.05, 0) is 73.4 Å². The fourth-order valence-electron chi connectivity index (χ4n) is 4.74. The van der Waals surface area contributed by atoms with Crippen molar-refractivity contribution in [3.8, 4) is 5.75 Å². The van der Waals surface area contributed by atoms with Gasteiger partial charge in [-0.15, -0.1) is 0 Å². The predicted octanol–water partition coefficient (Wildman–Crippen LogP) is 5.82. The van der Waals surface area contributed by atoms with E-state index in [-0.39, 0.29) is 11.8 Å². The fourth-order valence-corrected chi connectivity index (χ4v) is 4.74. The normalized spacial score (nSPS) is 15.9. The number of ether oxygens (including phenoxy) is 1. The van der Waals surface area contributed by atoms with Gasteiger partial charge in [-0.3, -0.25) is 4.79 Å². The minimum atomic E-state index is 0.0466. The highest BCUT2D eigenvalue weighted by Gasteiger charge is 2.35. The summed E-state index contributed by atoms with van der Waals surface area (Å²) in [7, 11) is 0. The third-order valence-corrected chi connectivity index (χ3v) is 6.89. The predicted molar refractivity (Wildman–Crippen MR) is 137 cm³/mol. The molecule has 1 fully saturated rings. The molecule has 5 heteroatoms. The van der Waals surface area contributed by atoms with Gasteiger partial charge < -0.3 is 14.2 Å². The van der Waals surface area contributed by atoms with Gasteiger partial charge in [0.2, 0.25) is 5.91 Å². The van der Waals surface area contributed by atoms with E-state index in [0.717, 1.165) is 34.7 Å². The van der Waals surface area contributed by atoms with Crippen molar-refractivity contribution < 1.29 is 9.53 Å². The average Bonchev–Trinajstić information content (AvgIpc) is 3.42. The number of carbonyl (C=O) groups is 1. The zero-order valence-electron chi connectivity index (χ0n) is 20.1. The first-order chi connectivity index (χ1) is 16.5. The lowest BCUT2D eigenvalue weighted by molar-refractivity contribution is -0.117. The number of hydrogen-bond acceptors (Lipinski definition) is 3. The summed E-state index contributed by atoms with van der Waals surface area (Å²) in [5.41, 5.74) is 6.75. The Morgan fingerprint density at radius 3 is 2.56 bits per heavy atom. The summed E-state index contributed by atoms with van der Waals surface area (Å²) in [5.74, 6) is 2.04. The number of imidazole rings is 1. The zero-order valence-corrected chi connectivity index (χ0v) is 20.1. The first kappa shape index (κ1) is 22.2. The number of amides is 1. The maximum atomic E-state index is 13.0. The number of nitrogens with zero attached hydrogens (tertiary/aromatic N) is 3. The van der Waals surface area contributed by atoms with Gasteiger partial charge in [0.25, 0.3) is 0 Å². The summed E-state index contributed by atoms with van der Waals surface area (Å²) in [6, 6.07) is 22.7.